The van der Waals surface area contributed by atoms with E-state index in [2.05, 4.69) is 65.4 Å². The SMILES string of the molecule is CC(C)C(C)C1CCCN1C.CCCC1(CCC(C)C)CCCN1C. The minimum atomic E-state index is 0.568. The second-order valence-corrected chi connectivity index (χ2v) is 9.73. The Morgan fingerprint density at radius 3 is 2.04 bits per heavy atom. The summed E-state index contributed by atoms with van der Waals surface area (Å²) in [5.41, 5.74) is 0.568. The van der Waals surface area contributed by atoms with Crippen LogP contribution in [-0.2, 0) is 0 Å². The molecule has 0 saturated carbocycles. The van der Waals surface area contributed by atoms with Crippen molar-refractivity contribution in [1.82, 2.24) is 9.80 Å². The summed E-state index contributed by atoms with van der Waals surface area (Å²) in [6.45, 7) is 16.7. The predicted octanol–water partition coefficient (Wildman–Crippen LogP) is 6.06. The Bertz CT molecular complexity index is 352. The molecule has 2 heterocycles. The zero-order chi connectivity index (χ0) is 19.0. The Morgan fingerprint density at radius 2 is 1.64 bits per heavy atom. The van der Waals surface area contributed by atoms with E-state index in [1.54, 1.807) is 0 Å². The third-order valence-electron chi connectivity index (χ3n) is 7.08. The molecule has 0 amide bonds. The van der Waals surface area contributed by atoms with Crippen molar-refractivity contribution in [2.24, 2.45) is 17.8 Å². The molecule has 0 aliphatic carbocycles. The van der Waals surface area contributed by atoms with Crippen LogP contribution in [0, 0.1) is 17.8 Å². The molecule has 0 bridgehead atoms. The molecule has 25 heavy (non-hydrogen) atoms. The first kappa shape index (κ1) is 23.0. The Morgan fingerprint density at radius 1 is 0.960 bits per heavy atom. The monoisotopic (exact) mass is 352 g/mol. The van der Waals surface area contributed by atoms with E-state index in [1.807, 2.05) is 0 Å². The minimum Gasteiger partial charge on any atom is -0.303 e. The normalized spacial score (nSPS) is 29.3. The van der Waals surface area contributed by atoms with Crippen molar-refractivity contribution in [3.63, 3.8) is 0 Å². The average Bonchev–Trinajstić information content (AvgIpc) is 3.12. The smallest absolute Gasteiger partial charge is 0.0207 e. The molecule has 2 fully saturated rings. The van der Waals surface area contributed by atoms with Gasteiger partial charge in [0.1, 0.15) is 0 Å². The van der Waals surface area contributed by atoms with Gasteiger partial charge in [-0.2, -0.15) is 0 Å². The maximum atomic E-state index is 2.62. The molecular formula is C23H48N2. The van der Waals surface area contributed by atoms with Gasteiger partial charge in [-0.15, -0.1) is 0 Å². The third kappa shape index (κ3) is 6.86. The van der Waals surface area contributed by atoms with Crippen LogP contribution in [0.3, 0.4) is 0 Å². The first-order valence-electron chi connectivity index (χ1n) is 11.1. The summed E-state index contributed by atoms with van der Waals surface area (Å²) in [4.78, 5) is 5.14. The molecule has 0 aromatic carbocycles. The van der Waals surface area contributed by atoms with E-state index in [4.69, 9.17) is 0 Å². The Balaban J connectivity index is 0.000000257. The van der Waals surface area contributed by atoms with Gasteiger partial charge >= 0.3 is 0 Å². The van der Waals surface area contributed by atoms with Gasteiger partial charge in [-0.1, -0.05) is 48.0 Å². The lowest BCUT2D eigenvalue weighted by Gasteiger charge is -2.37. The van der Waals surface area contributed by atoms with Gasteiger partial charge < -0.3 is 9.80 Å². The number of hydrogen-bond acceptors (Lipinski definition) is 2. The van der Waals surface area contributed by atoms with E-state index in [9.17, 15) is 0 Å². The van der Waals surface area contributed by atoms with Gasteiger partial charge in [-0.3, -0.25) is 0 Å². The van der Waals surface area contributed by atoms with E-state index < -0.39 is 0 Å². The topological polar surface area (TPSA) is 6.48 Å². The van der Waals surface area contributed by atoms with Gasteiger partial charge in [-0.25, -0.2) is 0 Å². The van der Waals surface area contributed by atoms with Crippen LogP contribution in [0.25, 0.3) is 0 Å². The average molecular weight is 353 g/mol. The molecule has 0 spiro atoms. The highest BCUT2D eigenvalue weighted by atomic mass is 15.2. The fourth-order valence-corrected chi connectivity index (χ4v) is 4.90. The second-order valence-electron chi connectivity index (χ2n) is 9.73. The first-order valence-corrected chi connectivity index (χ1v) is 11.1. The van der Waals surface area contributed by atoms with Gasteiger partial charge in [0.2, 0.25) is 0 Å². The fraction of sp³-hybridized carbons (Fsp3) is 1.00. The third-order valence-corrected chi connectivity index (χ3v) is 7.08. The quantitative estimate of drug-likeness (QED) is 0.549. The molecule has 0 radical (unpaired) electrons. The largest absolute Gasteiger partial charge is 0.303 e. The molecule has 0 aromatic heterocycles. The molecule has 0 aromatic rings. The van der Waals surface area contributed by atoms with E-state index in [-0.39, 0.29) is 0 Å². The predicted molar refractivity (Wildman–Crippen MR) is 113 cm³/mol. The van der Waals surface area contributed by atoms with Gasteiger partial charge in [0.05, 0.1) is 0 Å². The molecule has 2 aliphatic heterocycles. The van der Waals surface area contributed by atoms with Crippen LogP contribution >= 0.6 is 0 Å². The highest BCUT2D eigenvalue weighted by molar-refractivity contribution is 4.93. The van der Waals surface area contributed by atoms with E-state index >= 15 is 0 Å². The number of nitrogens with zero attached hydrogens (tertiary/aromatic N) is 2. The Labute approximate surface area is 159 Å². The zero-order valence-electron chi connectivity index (χ0n) is 18.8. The van der Waals surface area contributed by atoms with Gasteiger partial charge in [0, 0.05) is 11.6 Å². The molecular weight excluding hydrogens is 304 g/mol. The lowest BCUT2D eigenvalue weighted by atomic mass is 9.84. The Hall–Kier alpha value is -0.0800. The van der Waals surface area contributed by atoms with Crippen LogP contribution in [-0.4, -0.2) is 48.6 Å². The Kier molecular flexibility index (Phi) is 10.0. The summed E-state index contributed by atoms with van der Waals surface area (Å²) in [5.74, 6) is 2.56. The molecule has 2 nitrogen and oxygen atoms in total. The van der Waals surface area contributed by atoms with Crippen molar-refractivity contribution in [2.45, 2.75) is 104 Å². The van der Waals surface area contributed by atoms with Crippen molar-refractivity contribution >= 4 is 0 Å². The van der Waals surface area contributed by atoms with Gasteiger partial charge in [0.15, 0.2) is 0 Å². The summed E-state index contributed by atoms with van der Waals surface area (Å²) in [6.07, 6.45) is 11.2. The van der Waals surface area contributed by atoms with Crippen LogP contribution < -0.4 is 0 Å². The number of likely N-dealkylation sites (tertiary alicyclic amines) is 2. The molecule has 2 aliphatic rings. The molecule has 3 unspecified atom stereocenters. The van der Waals surface area contributed by atoms with Crippen LogP contribution in [0.15, 0.2) is 0 Å². The lowest BCUT2D eigenvalue weighted by molar-refractivity contribution is 0.138. The molecule has 2 saturated heterocycles. The summed E-state index contributed by atoms with van der Waals surface area (Å²) in [5, 5.41) is 0. The maximum absolute atomic E-state index is 2.62. The van der Waals surface area contributed by atoms with E-state index in [0.29, 0.717) is 5.54 Å². The lowest BCUT2D eigenvalue weighted by Crippen LogP contribution is -2.41. The van der Waals surface area contributed by atoms with Crippen LogP contribution in [0.1, 0.15) is 92.9 Å². The second kappa shape index (κ2) is 10.9. The van der Waals surface area contributed by atoms with Crippen molar-refractivity contribution in [3.05, 3.63) is 0 Å². The zero-order valence-corrected chi connectivity index (χ0v) is 18.8. The van der Waals surface area contributed by atoms with E-state index in [1.165, 1.54) is 64.5 Å². The molecule has 3 atom stereocenters. The number of hydrogen-bond donors (Lipinski definition) is 0. The van der Waals surface area contributed by atoms with Crippen LogP contribution in [0.4, 0.5) is 0 Å². The van der Waals surface area contributed by atoms with Crippen LogP contribution in [0.5, 0.6) is 0 Å². The van der Waals surface area contributed by atoms with Crippen molar-refractivity contribution in [3.8, 4) is 0 Å². The molecule has 2 rings (SSSR count). The fourth-order valence-electron chi connectivity index (χ4n) is 4.90. The van der Waals surface area contributed by atoms with Crippen LogP contribution in [0.2, 0.25) is 0 Å². The number of rotatable bonds is 7. The highest BCUT2D eigenvalue weighted by Crippen LogP contribution is 2.37. The standard InChI is InChI=1S/C13H27N.C10H21N/c1-5-8-13(10-7-12(2)3)9-6-11-14(13)4;1-8(2)9(3)10-6-5-7-11(10)4/h12H,5-11H2,1-4H3;8-10H,5-7H2,1-4H3. The summed E-state index contributed by atoms with van der Waals surface area (Å²) in [6, 6.07) is 0.856. The minimum absolute atomic E-state index is 0.568. The van der Waals surface area contributed by atoms with Crippen molar-refractivity contribution in [1.29, 1.82) is 0 Å². The van der Waals surface area contributed by atoms with Gasteiger partial charge in [-0.05, 0) is 89.9 Å². The highest BCUT2D eigenvalue weighted by Gasteiger charge is 2.37. The molecule has 0 N–H and O–H groups in total. The van der Waals surface area contributed by atoms with Crippen molar-refractivity contribution < 1.29 is 0 Å². The van der Waals surface area contributed by atoms with Crippen molar-refractivity contribution in [2.75, 3.05) is 27.2 Å². The van der Waals surface area contributed by atoms with E-state index in [0.717, 1.165) is 23.8 Å². The van der Waals surface area contributed by atoms with Gasteiger partial charge in [0.25, 0.3) is 0 Å². The summed E-state index contributed by atoms with van der Waals surface area (Å²) < 4.78 is 0. The summed E-state index contributed by atoms with van der Waals surface area (Å²) in [7, 11) is 4.58. The molecule has 150 valence electrons. The maximum Gasteiger partial charge on any atom is 0.0207 e. The first-order chi connectivity index (χ1) is 11.7. The molecule has 2 heteroatoms. The summed E-state index contributed by atoms with van der Waals surface area (Å²) >= 11 is 0.